The van der Waals surface area contributed by atoms with E-state index in [1.54, 1.807) is 18.3 Å². The number of carbonyl (C=O) groups is 2. The minimum Gasteiger partial charge on any atom is -0.485 e. The van der Waals surface area contributed by atoms with Gasteiger partial charge < -0.3 is 20.1 Å². The highest BCUT2D eigenvalue weighted by Gasteiger charge is 2.31. The number of anilines is 1. The highest BCUT2D eigenvalue weighted by molar-refractivity contribution is 7.15. The van der Waals surface area contributed by atoms with Crippen LogP contribution in [0.3, 0.4) is 0 Å². The predicted octanol–water partition coefficient (Wildman–Crippen LogP) is 2.96. The Balaban J connectivity index is 1.47. The van der Waals surface area contributed by atoms with Crippen molar-refractivity contribution in [1.29, 1.82) is 0 Å². The van der Waals surface area contributed by atoms with Crippen molar-refractivity contribution in [3.05, 3.63) is 71.2 Å². The van der Waals surface area contributed by atoms with E-state index < -0.39 is 18.1 Å². The van der Waals surface area contributed by atoms with E-state index in [1.165, 1.54) is 11.3 Å². The maximum absolute atomic E-state index is 12.9. The molecule has 0 aliphatic carbocycles. The minimum atomic E-state index is -0.840. The number of aromatic nitrogens is 1. The molecule has 8 heteroatoms. The van der Waals surface area contributed by atoms with Crippen molar-refractivity contribution < 1.29 is 19.1 Å². The second kappa shape index (κ2) is 8.96. The summed E-state index contributed by atoms with van der Waals surface area (Å²) in [4.78, 5) is 30.9. The zero-order valence-electron chi connectivity index (χ0n) is 16.3. The lowest BCUT2D eigenvalue weighted by Gasteiger charge is -2.27. The molecule has 2 heterocycles. The molecular formula is C22H21N3O4S. The van der Waals surface area contributed by atoms with E-state index in [2.05, 4.69) is 15.6 Å². The van der Waals surface area contributed by atoms with Crippen molar-refractivity contribution in [3.63, 3.8) is 0 Å². The zero-order valence-corrected chi connectivity index (χ0v) is 17.1. The first kappa shape index (κ1) is 19.9. The van der Waals surface area contributed by atoms with Gasteiger partial charge in [-0.3, -0.25) is 9.59 Å². The van der Waals surface area contributed by atoms with E-state index in [1.807, 2.05) is 49.4 Å². The number of thiazole rings is 1. The van der Waals surface area contributed by atoms with E-state index in [9.17, 15) is 9.59 Å². The van der Waals surface area contributed by atoms with Crippen LogP contribution in [0.25, 0.3) is 0 Å². The molecule has 2 amide bonds. The van der Waals surface area contributed by atoms with Gasteiger partial charge in [0.2, 0.25) is 12.0 Å². The summed E-state index contributed by atoms with van der Waals surface area (Å²) < 4.78 is 11.4. The Bertz CT molecular complexity index is 1040. The normalized spacial score (nSPS) is 15.8. The number of fused-ring (bicyclic) bond motifs is 1. The van der Waals surface area contributed by atoms with Gasteiger partial charge >= 0.3 is 0 Å². The molecule has 0 bridgehead atoms. The number of hydrogen-bond acceptors (Lipinski definition) is 6. The summed E-state index contributed by atoms with van der Waals surface area (Å²) in [7, 11) is 0. The molecule has 2 unspecified atom stereocenters. The molecule has 0 saturated carbocycles. The molecule has 1 aliphatic heterocycles. The number of aryl methyl sites for hydroxylation is 1. The van der Waals surface area contributed by atoms with Crippen molar-refractivity contribution in [2.75, 3.05) is 11.9 Å². The zero-order chi connectivity index (χ0) is 20.9. The molecule has 2 aromatic carbocycles. The molecule has 0 radical (unpaired) electrons. The van der Waals surface area contributed by atoms with Gasteiger partial charge in [-0.05, 0) is 24.6 Å². The lowest BCUT2D eigenvalue weighted by Crippen LogP contribution is -2.52. The molecule has 0 fully saturated rings. The van der Waals surface area contributed by atoms with Crippen LogP contribution in [0.4, 0.5) is 5.13 Å². The molecule has 154 valence electrons. The van der Waals surface area contributed by atoms with Crippen LogP contribution in [0.2, 0.25) is 0 Å². The topological polar surface area (TPSA) is 89.6 Å². The molecule has 0 spiro atoms. The molecule has 30 heavy (non-hydrogen) atoms. The van der Waals surface area contributed by atoms with Gasteiger partial charge in [0.15, 0.2) is 16.6 Å². The summed E-state index contributed by atoms with van der Waals surface area (Å²) in [6.45, 7) is 1.99. The second-order valence-corrected chi connectivity index (χ2v) is 8.12. The first-order valence-electron chi connectivity index (χ1n) is 9.54. The fourth-order valence-corrected chi connectivity index (χ4v) is 3.74. The third kappa shape index (κ3) is 4.77. The maximum atomic E-state index is 12.9. The molecule has 0 saturated heterocycles. The van der Waals surface area contributed by atoms with Gasteiger partial charge in [0, 0.05) is 17.5 Å². The average molecular weight is 423 g/mol. The van der Waals surface area contributed by atoms with Gasteiger partial charge in [0.1, 0.15) is 12.6 Å². The average Bonchev–Trinajstić information content (AvgIpc) is 3.18. The number of nitrogens with zero attached hydrogens (tertiary/aromatic N) is 1. The van der Waals surface area contributed by atoms with Gasteiger partial charge in [0.25, 0.3) is 5.91 Å². The summed E-state index contributed by atoms with van der Waals surface area (Å²) in [6.07, 6.45) is 1.19. The third-order valence-electron chi connectivity index (χ3n) is 4.57. The van der Waals surface area contributed by atoms with Crippen LogP contribution < -0.4 is 20.1 Å². The highest BCUT2D eigenvalue weighted by atomic mass is 32.1. The molecule has 7 nitrogen and oxygen atoms in total. The van der Waals surface area contributed by atoms with Crippen molar-refractivity contribution in [1.82, 2.24) is 10.3 Å². The molecule has 1 aromatic heterocycles. The predicted molar refractivity (Wildman–Crippen MR) is 114 cm³/mol. The Labute approximate surface area is 178 Å². The van der Waals surface area contributed by atoms with Gasteiger partial charge in [-0.1, -0.05) is 42.5 Å². The molecule has 2 atom stereocenters. The number of hydrogen-bond donors (Lipinski definition) is 2. The van der Waals surface area contributed by atoms with Gasteiger partial charge in [-0.15, -0.1) is 11.3 Å². The number of benzene rings is 2. The summed E-state index contributed by atoms with van der Waals surface area (Å²) in [6, 6.07) is 15.9. The Morgan fingerprint density at radius 3 is 2.60 bits per heavy atom. The van der Waals surface area contributed by atoms with Crippen LogP contribution in [0.5, 0.6) is 11.5 Å². The Morgan fingerprint density at radius 1 is 1.13 bits per heavy atom. The van der Waals surface area contributed by atoms with Crippen molar-refractivity contribution in [2.24, 2.45) is 0 Å². The number of rotatable bonds is 6. The monoisotopic (exact) mass is 423 g/mol. The first-order chi connectivity index (χ1) is 14.6. The van der Waals surface area contributed by atoms with Crippen molar-refractivity contribution in [2.45, 2.75) is 25.5 Å². The Morgan fingerprint density at radius 2 is 1.87 bits per heavy atom. The lowest BCUT2D eigenvalue weighted by molar-refractivity contribution is -0.133. The summed E-state index contributed by atoms with van der Waals surface area (Å²) in [5.74, 6) is 0.361. The molecule has 1 aliphatic rings. The number of amides is 2. The van der Waals surface area contributed by atoms with Gasteiger partial charge in [0.05, 0.1) is 0 Å². The third-order valence-corrected chi connectivity index (χ3v) is 5.40. The number of nitrogens with one attached hydrogen (secondary N) is 2. The molecule has 3 aromatic rings. The van der Waals surface area contributed by atoms with Crippen LogP contribution in [0, 0.1) is 6.92 Å². The summed E-state index contributed by atoms with van der Waals surface area (Å²) in [5, 5.41) is 6.10. The summed E-state index contributed by atoms with van der Waals surface area (Å²) in [5.41, 5.74) is 0.930. The van der Waals surface area contributed by atoms with Gasteiger partial charge in [-0.25, -0.2) is 4.98 Å². The van der Waals surface area contributed by atoms with Crippen LogP contribution in [-0.4, -0.2) is 35.6 Å². The summed E-state index contributed by atoms with van der Waals surface area (Å²) >= 11 is 1.38. The maximum Gasteiger partial charge on any atom is 0.265 e. The van der Waals surface area contributed by atoms with Crippen LogP contribution >= 0.6 is 11.3 Å². The Kier molecular flexibility index (Phi) is 5.94. The molecular weight excluding hydrogens is 402 g/mol. The smallest absolute Gasteiger partial charge is 0.265 e. The largest absolute Gasteiger partial charge is 0.485 e. The SMILES string of the molecule is Cc1cnc(NC(=O)C(Cc2ccccc2)NC(=O)C2COc3ccccc3O2)s1. The van der Waals surface area contributed by atoms with Crippen molar-refractivity contribution in [3.8, 4) is 11.5 Å². The van der Waals surface area contributed by atoms with Gasteiger partial charge in [-0.2, -0.15) is 0 Å². The van der Waals surface area contributed by atoms with Crippen LogP contribution in [0.15, 0.2) is 60.8 Å². The lowest BCUT2D eigenvalue weighted by atomic mass is 10.0. The standard InChI is InChI=1S/C22H21N3O4S/c1-14-12-23-22(30-14)25-20(26)16(11-15-7-3-2-4-8-15)24-21(27)19-13-28-17-9-5-6-10-18(17)29-19/h2-10,12,16,19H,11,13H2,1H3,(H,24,27)(H,23,25,26). The van der Waals surface area contributed by atoms with E-state index in [4.69, 9.17) is 9.47 Å². The highest BCUT2D eigenvalue weighted by Crippen LogP contribution is 2.30. The number of carbonyl (C=O) groups excluding carboxylic acids is 2. The minimum absolute atomic E-state index is 0.0776. The molecule has 4 rings (SSSR count). The Hall–Kier alpha value is -3.39. The number of para-hydroxylation sites is 2. The molecule has 2 N–H and O–H groups in total. The van der Waals surface area contributed by atoms with Crippen molar-refractivity contribution >= 4 is 28.3 Å². The van der Waals surface area contributed by atoms with E-state index in [0.29, 0.717) is 23.1 Å². The second-order valence-electron chi connectivity index (χ2n) is 6.88. The van der Waals surface area contributed by atoms with E-state index >= 15 is 0 Å². The van der Waals surface area contributed by atoms with E-state index in [0.717, 1.165) is 10.4 Å². The fourth-order valence-electron chi connectivity index (χ4n) is 3.08. The first-order valence-corrected chi connectivity index (χ1v) is 10.4. The van der Waals surface area contributed by atoms with Crippen LogP contribution in [0.1, 0.15) is 10.4 Å². The quantitative estimate of drug-likeness (QED) is 0.636. The van der Waals surface area contributed by atoms with E-state index in [-0.39, 0.29) is 12.5 Å². The van der Waals surface area contributed by atoms with Crippen LogP contribution in [-0.2, 0) is 16.0 Å². The fraction of sp³-hybridized carbons (Fsp3) is 0.227. The number of ether oxygens (including phenoxy) is 2.